The second-order valence-electron chi connectivity index (χ2n) is 5.52. The van der Waals surface area contributed by atoms with Crippen molar-refractivity contribution in [3.63, 3.8) is 0 Å². The summed E-state index contributed by atoms with van der Waals surface area (Å²) in [6.45, 7) is 7.06. The van der Waals surface area contributed by atoms with Crippen molar-refractivity contribution in [2.24, 2.45) is 4.99 Å². The lowest BCUT2D eigenvalue weighted by molar-refractivity contribution is 0.179. The van der Waals surface area contributed by atoms with Gasteiger partial charge in [0.15, 0.2) is 5.96 Å². The summed E-state index contributed by atoms with van der Waals surface area (Å²) in [7, 11) is 3.65. The molecule has 1 unspecified atom stereocenters. The summed E-state index contributed by atoms with van der Waals surface area (Å²) >= 11 is 0. The molecule has 1 aromatic carbocycles. The van der Waals surface area contributed by atoms with Crippen molar-refractivity contribution in [2.45, 2.75) is 26.3 Å². The van der Waals surface area contributed by atoms with Crippen LogP contribution in [0.4, 0.5) is 10.1 Å². The summed E-state index contributed by atoms with van der Waals surface area (Å²) in [4.78, 5) is 6.59. The van der Waals surface area contributed by atoms with E-state index in [1.54, 1.807) is 19.2 Å². The van der Waals surface area contributed by atoms with E-state index < -0.39 is 0 Å². The van der Waals surface area contributed by atoms with Crippen LogP contribution in [0.2, 0.25) is 0 Å². The summed E-state index contributed by atoms with van der Waals surface area (Å²) in [6.07, 6.45) is 0.891. The Bertz CT molecular complexity index is 481. The van der Waals surface area contributed by atoms with Gasteiger partial charge in [-0.15, -0.1) is 0 Å². The van der Waals surface area contributed by atoms with Gasteiger partial charge in [0.2, 0.25) is 0 Å². The van der Waals surface area contributed by atoms with E-state index in [2.05, 4.69) is 15.6 Å². The average Bonchev–Trinajstić information content (AvgIpc) is 2.51. The largest absolute Gasteiger partial charge is 0.383 e. The third-order valence-electron chi connectivity index (χ3n) is 3.31. The van der Waals surface area contributed by atoms with E-state index in [-0.39, 0.29) is 11.9 Å². The predicted molar refractivity (Wildman–Crippen MR) is 94.7 cm³/mol. The molecule has 2 N–H and O–H groups in total. The second kappa shape index (κ2) is 10.8. The molecule has 0 heterocycles. The average molecular weight is 324 g/mol. The predicted octanol–water partition coefficient (Wildman–Crippen LogP) is 2.24. The molecule has 5 nitrogen and oxygen atoms in total. The zero-order chi connectivity index (χ0) is 17.1. The van der Waals surface area contributed by atoms with Crippen LogP contribution in [0.15, 0.2) is 29.3 Å². The van der Waals surface area contributed by atoms with Crippen molar-refractivity contribution in [1.29, 1.82) is 0 Å². The highest BCUT2D eigenvalue weighted by atomic mass is 19.1. The molecule has 0 bridgehead atoms. The van der Waals surface area contributed by atoms with Crippen molar-refractivity contribution in [1.82, 2.24) is 10.6 Å². The fourth-order valence-corrected chi connectivity index (χ4v) is 2.19. The van der Waals surface area contributed by atoms with Crippen LogP contribution in [0.25, 0.3) is 0 Å². The number of guanidine groups is 1. The van der Waals surface area contributed by atoms with Crippen LogP contribution in [-0.2, 0) is 4.74 Å². The molecule has 0 aliphatic carbocycles. The molecule has 0 fully saturated rings. The second-order valence-corrected chi connectivity index (χ2v) is 5.52. The number of benzene rings is 1. The monoisotopic (exact) mass is 324 g/mol. The van der Waals surface area contributed by atoms with E-state index in [1.165, 1.54) is 6.07 Å². The Kier molecular flexibility index (Phi) is 9.05. The van der Waals surface area contributed by atoms with Crippen LogP contribution >= 0.6 is 0 Å². The van der Waals surface area contributed by atoms with Gasteiger partial charge in [-0.3, -0.25) is 4.99 Å². The highest BCUT2D eigenvalue weighted by molar-refractivity contribution is 5.80. The molecule has 0 radical (unpaired) electrons. The lowest BCUT2D eigenvalue weighted by Gasteiger charge is -2.19. The van der Waals surface area contributed by atoms with Crippen molar-refractivity contribution in [2.75, 3.05) is 45.3 Å². The van der Waals surface area contributed by atoms with E-state index in [4.69, 9.17) is 4.74 Å². The maximum Gasteiger partial charge on any atom is 0.191 e. The standard InChI is InChI=1S/C17H29FN4O/c1-5-19-17(21-14(2)13-23-4)20-10-7-11-22(3)16-9-6-8-15(18)12-16/h6,8-9,12,14H,5,7,10-11,13H2,1-4H3,(H2,19,20,21). The molecule has 6 heteroatoms. The minimum Gasteiger partial charge on any atom is -0.383 e. The maximum absolute atomic E-state index is 13.2. The minimum atomic E-state index is -0.210. The Morgan fingerprint density at radius 1 is 1.43 bits per heavy atom. The zero-order valence-electron chi connectivity index (χ0n) is 14.6. The van der Waals surface area contributed by atoms with Gasteiger partial charge >= 0.3 is 0 Å². The summed E-state index contributed by atoms with van der Waals surface area (Å²) in [5, 5.41) is 6.52. The fraction of sp³-hybridized carbons (Fsp3) is 0.588. The van der Waals surface area contributed by atoms with E-state index in [0.29, 0.717) is 13.2 Å². The third-order valence-corrected chi connectivity index (χ3v) is 3.31. The number of hydrogen-bond acceptors (Lipinski definition) is 3. The van der Waals surface area contributed by atoms with Gasteiger partial charge in [-0.25, -0.2) is 4.39 Å². The summed E-state index contributed by atoms with van der Waals surface area (Å²) < 4.78 is 18.3. The van der Waals surface area contributed by atoms with E-state index in [0.717, 1.165) is 31.2 Å². The molecule has 23 heavy (non-hydrogen) atoms. The number of methoxy groups -OCH3 is 1. The van der Waals surface area contributed by atoms with Crippen molar-refractivity contribution in [3.05, 3.63) is 30.1 Å². The van der Waals surface area contributed by atoms with Gasteiger partial charge in [-0.05, 0) is 38.5 Å². The molecule has 1 rings (SSSR count). The molecule has 0 spiro atoms. The van der Waals surface area contributed by atoms with Crippen LogP contribution in [0.5, 0.6) is 0 Å². The number of aliphatic imine (C=N–C) groups is 1. The molecular weight excluding hydrogens is 295 g/mol. The number of rotatable bonds is 9. The Morgan fingerprint density at radius 3 is 2.87 bits per heavy atom. The lowest BCUT2D eigenvalue weighted by atomic mass is 10.2. The highest BCUT2D eigenvalue weighted by Gasteiger charge is 2.05. The number of halogens is 1. The first-order chi connectivity index (χ1) is 11.1. The Morgan fingerprint density at radius 2 is 2.22 bits per heavy atom. The Labute approximate surface area is 138 Å². The highest BCUT2D eigenvalue weighted by Crippen LogP contribution is 2.13. The van der Waals surface area contributed by atoms with Gasteiger partial charge in [-0.2, -0.15) is 0 Å². The van der Waals surface area contributed by atoms with Gasteiger partial charge in [0.25, 0.3) is 0 Å². The number of anilines is 1. The summed E-state index contributed by atoms with van der Waals surface area (Å²) in [6, 6.07) is 6.83. The molecule has 0 aliphatic rings. The Balaban J connectivity index is 2.42. The van der Waals surface area contributed by atoms with E-state index in [9.17, 15) is 4.39 Å². The van der Waals surface area contributed by atoms with E-state index >= 15 is 0 Å². The molecule has 0 saturated carbocycles. The maximum atomic E-state index is 13.2. The van der Waals surface area contributed by atoms with Crippen LogP contribution in [0.3, 0.4) is 0 Å². The van der Waals surface area contributed by atoms with Crippen molar-refractivity contribution in [3.8, 4) is 0 Å². The molecule has 0 saturated heterocycles. The number of ether oxygens (including phenoxy) is 1. The summed E-state index contributed by atoms with van der Waals surface area (Å²) in [5.41, 5.74) is 0.882. The summed E-state index contributed by atoms with van der Waals surface area (Å²) in [5.74, 6) is 0.587. The first-order valence-corrected chi connectivity index (χ1v) is 8.07. The minimum absolute atomic E-state index is 0.202. The molecule has 1 aromatic rings. The number of hydrogen-bond donors (Lipinski definition) is 2. The van der Waals surface area contributed by atoms with Gasteiger partial charge in [0.05, 0.1) is 6.61 Å². The van der Waals surface area contributed by atoms with Crippen LogP contribution in [-0.4, -0.2) is 52.4 Å². The normalized spacial score (nSPS) is 12.8. The van der Waals surface area contributed by atoms with Gasteiger partial charge in [-0.1, -0.05) is 6.07 Å². The molecule has 0 aromatic heterocycles. The Hall–Kier alpha value is -1.82. The number of nitrogens with zero attached hydrogens (tertiary/aromatic N) is 2. The van der Waals surface area contributed by atoms with Gasteiger partial charge in [0, 0.05) is 45.5 Å². The van der Waals surface area contributed by atoms with Crippen LogP contribution in [0.1, 0.15) is 20.3 Å². The number of nitrogens with one attached hydrogen (secondary N) is 2. The van der Waals surface area contributed by atoms with E-state index in [1.807, 2.05) is 31.9 Å². The lowest BCUT2D eigenvalue weighted by Crippen LogP contribution is -2.44. The quantitative estimate of drug-likeness (QED) is 0.415. The van der Waals surface area contributed by atoms with Gasteiger partial charge in [0.1, 0.15) is 5.82 Å². The third kappa shape index (κ3) is 7.83. The van der Waals surface area contributed by atoms with Crippen molar-refractivity contribution < 1.29 is 9.13 Å². The first kappa shape index (κ1) is 19.2. The molecule has 0 amide bonds. The van der Waals surface area contributed by atoms with Crippen LogP contribution < -0.4 is 15.5 Å². The molecular formula is C17H29FN4O. The first-order valence-electron chi connectivity index (χ1n) is 8.07. The molecule has 0 aliphatic heterocycles. The smallest absolute Gasteiger partial charge is 0.191 e. The topological polar surface area (TPSA) is 48.9 Å². The SMILES string of the molecule is CCNC(=NCCCN(C)c1cccc(F)c1)NC(C)COC. The van der Waals surface area contributed by atoms with Crippen LogP contribution in [0, 0.1) is 5.82 Å². The molecule has 130 valence electrons. The molecule has 1 atom stereocenters. The van der Waals surface area contributed by atoms with Gasteiger partial charge < -0.3 is 20.3 Å². The zero-order valence-corrected chi connectivity index (χ0v) is 14.6. The van der Waals surface area contributed by atoms with Crippen molar-refractivity contribution >= 4 is 11.6 Å². The fourth-order valence-electron chi connectivity index (χ4n) is 2.19.